The minimum absolute atomic E-state index is 0.917. The van der Waals surface area contributed by atoms with Gasteiger partial charge in [-0.25, -0.2) is 0 Å². The van der Waals surface area contributed by atoms with Crippen molar-refractivity contribution in [2.75, 3.05) is 6.16 Å². The van der Waals surface area contributed by atoms with Gasteiger partial charge in [0.25, 0.3) is 0 Å². The Morgan fingerprint density at radius 3 is 2.50 bits per heavy atom. The number of aryl methyl sites for hydroxylation is 1. The van der Waals surface area contributed by atoms with Crippen molar-refractivity contribution in [2.45, 2.75) is 6.42 Å². The van der Waals surface area contributed by atoms with Gasteiger partial charge in [-0.1, -0.05) is 0 Å². The summed E-state index contributed by atoms with van der Waals surface area (Å²) in [5.41, 5.74) is 1.44. The Morgan fingerprint density at radius 1 is 1.20 bits per heavy atom. The Morgan fingerprint density at radius 2 is 1.90 bits per heavy atom. The SMILES string of the molecule is [Lu][PH]CCc1ccccc1. The molecule has 10 heavy (non-hydrogen) atoms. The molecule has 0 saturated carbocycles. The van der Waals surface area contributed by atoms with Crippen LogP contribution in [0.1, 0.15) is 5.56 Å². The van der Waals surface area contributed by atoms with Crippen LogP contribution in [-0.4, -0.2) is 6.16 Å². The van der Waals surface area contributed by atoms with Gasteiger partial charge in [0.2, 0.25) is 0 Å². The first-order chi connectivity index (χ1) is 4.93. The van der Waals surface area contributed by atoms with E-state index in [1.165, 1.54) is 18.1 Å². The molecule has 0 bridgehead atoms. The van der Waals surface area contributed by atoms with Crippen LogP contribution < -0.4 is 0 Å². The van der Waals surface area contributed by atoms with E-state index in [1.807, 2.05) is 0 Å². The molecule has 0 radical (unpaired) electrons. The summed E-state index contributed by atoms with van der Waals surface area (Å²) in [5.74, 6) is 0. The Kier molecular flexibility index (Phi) is 4.96. The van der Waals surface area contributed by atoms with Gasteiger partial charge in [0.15, 0.2) is 0 Å². The number of hydrogen-bond acceptors (Lipinski definition) is 0. The van der Waals surface area contributed by atoms with Crippen molar-refractivity contribution in [1.29, 1.82) is 0 Å². The summed E-state index contributed by atoms with van der Waals surface area (Å²) < 4.78 is 0.917. The first kappa shape index (κ1) is 8.98. The molecule has 0 aliphatic heterocycles. The summed E-state index contributed by atoms with van der Waals surface area (Å²) >= 11 is 3.30. The molecule has 1 aromatic carbocycles. The molecule has 1 atom stereocenters. The van der Waals surface area contributed by atoms with E-state index in [-0.39, 0.29) is 0 Å². The van der Waals surface area contributed by atoms with Crippen LogP contribution in [-0.2, 0) is 6.42 Å². The molecule has 1 rings (SSSR count). The second kappa shape index (κ2) is 5.52. The Hall–Kier alpha value is 0.884. The molecule has 1 aromatic rings. The second-order valence-electron chi connectivity index (χ2n) is 2.08. The van der Waals surface area contributed by atoms with Gasteiger partial charge in [0.1, 0.15) is 0 Å². The van der Waals surface area contributed by atoms with E-state index in [4.69, 9.17) is 0 Å². The fourth-order valence-corrected chi connectivity index (χ4v) is 1.80. The van der Waals surface area contributed by atoms with Crippen LogP contribution in [0.15, 0.2) is 30.3 Å². The third-order valence-electron chi connectivity index (χ3n) is 1.32. The quantitative estimate of drug-likeness (QED) is 0.752. The third-order valence-corrected chi connectivity index (χ3v) is 2.94. The summed E-state index contributed by atoms with van der Waals surface area (Å²) in [6, 6.07) is 10.6. The van der Waals surface area contributed by atoms with Crippen LogP contribution in [0.3, 0.4) is 0 Å². The van der Waals surface area contributed by atoms with Crippen molar-refractivity contribution in [1.82, 2.24) is 0 Å². The molecule has 0 fully saturated rings. The Labute approximate surface area is 86.1 Å². The summed E-state index contributed by atoms with van der Waals surface area (Å²) in [6.45, 7) is 0. The zero-order chi connectivity index (χ0) is 7.23. The van der Waals surface area contributed by atoms with E-state index in [1.54, 1.807) is 0 Å². The van der Waals surface area contributed by atoms with Gasteiger partial charge in [-0.15, -0.1) is 0 Å². The standard InChI is InChI=1S/C8H10P.Lu/c9-7-6-8-4-2-1-3-5-8;/h1-5,9H,6-7H2;/q-1;+1. The zero-order valence-electron chi connectivity index (χ0n) is 5.56. The van der Waals surface area contributed by atoms with Gasteiger partial charge in [-0.3, -0.25) is 0 Å². The third kappa shape index (κ3) is 3.33. The number of rotatable bonds is 3. The number of hydrogen-bond donors (Lipinski definition) is 0. The molecule has 62 valence electrons. The fraction of sp³-hybridized carbons (Fsp3) is 0.250. The van der Waals surface area contributed by atoms with Crippen molar-refractivity contribution in [3.05, 3.63) is 35.9 Å². The summed E-state index contributed by atoms with van der Waals surface area (Å²) in [5, 5.41) is 0. The Balaban J connectivity index is 2.43. The average molecular weight is 312 g/mol. The molecular weight excluding hydrogens is 302 g/mol. The first-order valence-electron chi connectivity index (χ1n) is 3.25. The minimum atomic E-state index is 0.917. The molecule has 0 nitrogen and oxygen atoms in total. The molecular formula is C8H10LuP. The van der Waals surface area contributed by atoms with Crippen LogP contribution >= 0.6 is 4.14 Å². The van der Waals surface area contributed by atoms with E-state index in [9.17, 15) is 0 Å². The first-order valence-corrected chi connectivity index (χ1v) is 6.70. The molecule has 0 amide bonds. The van der Waals surface area contributed by atoms with Crippen LogP contribution in [0.25, 0.3) is 0 Å². The van der Waals surface area contributed by atoms with Gasteiger partial charge >= 0.3 is 86.9 Å². The Bertz CT molecular complexity index is 174. The zero-order valence-corrected chi connectivity index (χ0v) is 8.22. The van der Waals surface area contributed by atoms with E-state index in [0.717, 1.165) is 4.14 Å². The van der Waals surface area contributed by atoms with Gasteiger partial charge in [-0.05, 0) is 0 Å². The van der Waals surface area contributed by atoms with Crippen LogP contribution in [0.4, 0.5) is 0 Å². The molecule has 0 N–H and O–H groups in total. The second-order valence-corrected chi connectivity index (χ2v) is 4.52. The molecule has 0 aliphatic carbocycles. The maximum absolute atomic E-state index is 3.30. The van der Waals surface area contributed by atoms with E-state index in [0.29, 0.717) is 0 Å². The van der Waals surface area contributed by atoms with Crippen molar-refractivity contribution in [3.8, 4) is 0 Å². The number of benzene rings is 1. The predicted octanol–water partition coefficient (Wildman–Crippen LogP) is 2.37. The average Bonchev–Trinajstić information content (AvgIpc) is 2.03. The van der Waals surface area contributed by atoms with Crippen molar-refractivity contribution in [3.63, 3.8) is 0 Å². The summed E-state index contributed by atoms with van der Waals surface area (Å²) in [7, 11) is 0. The molecule has 0 spiro atoms. The van der Waals surface area contributed by atoms with E-state index >= 15 is 0 Å². The van der Waals surface area contributed by atoms with Crippen LogP contribution in [0, 0.1) is 34.2 Å². The van der Waals surface area contributed by atoms with Crippen LogP contribution in [0.2, 0.25) is 0 Å². The molecule has 1 unspecified atom stereocenters. The van der Waals surface area contributed by atoms with Gasteiger partial charge in [0, 0.05) is 0 Å². The van der Waals surface area contributed by atoms with Crippen LogP contribution in [0.5, 0.6) is 0 Å². The molecule has 0 aromatic heterocycles. The summed E-state index contributed by atoms with van der Waals surface area (Å²) in [4.78, 5) is 0. The molecule has 0 heterocycles. The van der Waals surface area contributed by atoms with E-state index < -0.39 is 0 Å². The normalized spacial score (nSPS) is 11.0. The van der Waals surface area contributed by atoms with Crippen molar-refractivity contribution < 1.29 is 34.2 Å². The molecule has 0 saturated heterocycles. The van der Waals surface area contributed by atoms with Gasteiger partial charge in [0.05, 0.1) is 0 Å². The topological polar surface area (TPSA) is 0 Å². The summed E-state index contributed by atoms with van der Waals surface area (Å²) in [6.07, 6.45) is 2.47. The maximum atomic E-state index is 3.30. The van der Waals surface area contributed by atoms with E-state index in [2.05, 4.69) is 64.6 Å². The van der Waals surface area contributed by atoms with Crippen molar-refractivity contribution >= 4 is 4.14 Å². The monoisotopic (exact) mass is 312 g/mol. The van der Waals surface area contributed by atoms with Gasteiger partial charge < -0.3 is 0 Å². The fourth-order valence-electron chi connectivity index (χ4n) is 0.821. The van der Waals surface area contributed by atoms with Crippen molar-refractivity contribution in [2.24, 2.45) is 0 Å². The molecule has 0 aliphatic rings. The molecule has 2 heteroatoms. The van der Waals surface area contributed by atoms with Gasteiger partial charge in [-0.2, -0.15) is 0 Å². The predicted molar refractivity (Wildman–Crippen MR) is 43.3 cm³/mol.